The lowest BCUT2D eigenvalue weighted by atomic mass is 9.85. The van der Waals surface area contributed by atoms with Crippen LogP contribution in [0.15, 0.2) is 0 Å². The molecule has 3 N–H and O–H groups in total. The summed E-state index contributed by atoms with van der Waals surface area (Å²) in [4.78, 5) is 12.1. The quantitative estimate of drug-likeness (QED) is 0.717. The topological polar surface area (TPSA) is 64.3 Å². The van der Waals surface area contributed by atoms with Gasteiger partial charge in [-0.1, -0.05) is 32.1 Å². The van der Waals surface area contributed by atoms with Gasteiger partial charge in [0, 0.05) is 20.3 Å². The molecule has 0 spiro atoms. The highest BCUT2D eigenvalue weighted by molar-refractivity contribution is 5.81. The number of hydrogen-bond donors (Lipinski definition) is 2. The molecule has 20 heavy (non-hydrogen) atoms. The van der Waals surface area contributed by atoms with Crippen LogP contribution in [0.1, 0.15) is 57.8 Å². The zero-order chi connectivity index (χ0) is 14.4. The highest BCUT2D eigenvalue weighted by Crippen LogP contribution is 2.48. The summed E-state index contributed by atoms with van der Waals surface area (Å²) in [7, 11) is 1.73. The van der Waals surface area contributed by atoms with Gasteiger partial charge in [-0.25, -0.2) is 0 Å². The fourth-order valence-corrected chi connectivity index (χ4v) is 3.31. The van der Waals surface area contributed by atoms with Crippen molar-refractivity contribution in [1.82, 2.24) is 5.32 Å². The molecule has 0 aromatic rings. The van der Waals surface area contributed by atoms with Crippen LogP contribution in [0.2, 0.25) is 0 Å². The molecule has 0 aromatic carbocycles. The molecule has 0 aromatic heterocycles. The molecule has 0 heterocycles. The highest BCUT2D eigenvalue weighted by Gasteiger charge is 2.42. The van der Waals surface area contributed by atoms with Crippen LogP contribution in [0, 0.1) is 11.3 Å². The summed E-state index contributed by atoms with van der Waals surface area (Å²) in [5.74, 6) is 0.701. The first-order chi connectivity index (χ1) is 9.65. The minimum absolute atomic E-state index is 0.0410. The zero-order valence-corrected chi connectivity index (χ0v) is 12.8. The van der Waals surface area contributed by atoms with Crippen molar-refractivity contribution in [3.05, 3.63) is 0 Å². The van der Waals surface area contributed by atoms with Gasteiger partial charge >= 0.3 is 0 Å². The van der Waals surface area contributed by atoms with Crippen LogP contribution >= 0.6 is 0 Å². The number of rotatable bonds is 8. The molecule has 2 aliphatic carbocycles. The lowest BCUT2D eigenvalue weighted by Gasteiger charge is -2.24. The standard InChI is InChI=1S/C16H30N2O2/c1-20-10-9-16(7-8-16)12-18-15(19)14(17)11-13-5-3-2-4-6-13/h13-14H,2-12,17H2,1H3,(H,18,19). The van der Waals surface area contributed by atoms with Crippen molar-refractivity contribution in [2.75, 3.05) is 20.3 Å². The van der Waals surface area contributed by atoms with Crippen molar-refractivity contribution in [2.24, 2.45) is 17.1 Å². The van der Waals surface area contributed by atoms with E-state index in [1.165, 1.54) is 44.9 Å². The molecule has 2 saturated carbocycles. The maximum absolute atomic E-state index is 12.1. The minimum Gasteiger partial charge on any atom is -0.385 e. The van der Waals surface area contributed by atoms with Gasteiger partial charge in [0.1, 0.15) is 0 Å². The first-order valence-electron chi connectivity index (χ1n) is 8.17. The van der Waals surface area contributed by atoms with Crippen LogP contribution in [-0.2, 0) is 9.53 Å². The van der Waals surface area contributed by atoms with Gasteiger partial charge in [-0.15, -0.1) is 0 Å². The molecule has 0 radical (unpaired) electrons. The lowest BCUT2D eigenvalue weighted by molar-refractivity contribution is -0.123. The molecule has 1 atom stereocenters. The van der Waals surface area contributed by atoms with Crippen molar-refractivity contribution in [3.63, 3.8) is 0 Å². The number of nitrogens with two attached hydrogens (primary N) is 1. The Hall–Kier alpha value is -0.610. The zero-order valence-electron chi connectivity index (χ0n) is 12.8. The predicted molar refractivity (Wildman–Crippen MR) is 80.3 cm³/mol. The van der Waals surface area contributed by atoms with Crippen LogP contribution < -0.4 is 11.1 Å². The molecule has 0 aliphatic heterocycles. The van der Waals surface area contributed by atoms with Gasteiger partial charge in [-0.05, 0) is 37.0 Å². The summed E-state index contributed by atoms with van der Waals surface area (Å²) in [6.45, 7) is 1.55. The third-order valence-corrected chi connectivity index (χ3v) is 5.08. The molecule has 4 nitrogen and oxygen atoms in total. The molecular formula is C16H30N2O2. The van der Waals surface area contributed by atoms with E-state index < -0.39 is 0 Å². The first-order valence-corrected chi connectivity index (χ1v) is 8.17. The molecule has 1 unspecified atom stereocenters. The Morgan fingerprint density at radius 1 is 1.35 bits per heavy atom. The number of ether oxygens (including phenoxy) is 1. The SMILES string of the molecule is COCCC1(CNC(=O)C(N)CC2CCCCC2)CC1. The van der Waals surface area contributed by atoms with Crippen LogP contribution in [-0.4, -0.2) is 32.2 Å². The van der Waals surface area contributed by atoms with Crippen LogP contribution in [0.25, 0.3) is 0 Å². The summed E-state index contributed by atoms with van der Waals surface area (Å²) in [5, 5.41) is 3.06. The second-order valence-electron chi connectivity index (χ2n) is 6.81. The molecule has 0 saturated heterocycles. The normalized spacial score (nSPS) is 23.3. The Kier molecular flexibility index (Phi) is 5.85. The Bertz CT molecular complexity index is 310. The van der Waals surface area contributed by atoms with Crippen LogP contribution in [0.3, 0.4) is 0 Å². The average molecular weight is 282 g/mol. The first kappa shape index (κ1) is 15.8. The van der Waals surface area contributed by atoms with E-state index in [2.05, 4.69) is 5.32 Å². The number of hydrogen-bond acceptors (Lipinski definition) is 3. The van der Waals surface area contributed by atoms with Gasteiger partial charge in [-0.3, -0.25) is 4.79 Å². The Morgan fingerprint density at radius 2 is 2.05 bits per heavy atom. The lowest BCUT2D eigenvalue weighted by Crippen LogP contribution is -2.44. The highest BCUT2D eigenvalue weighted by atomic mass is 16.5. The molecule has 0 bridgehead atoms. The largest absolute Gasteiger partial charge is 0.385 e. The van der Waals surface area contributed by atoms with Crippen molar-refractivity contribution >= 4 is 5.91 Å². The molecule has 1 amide bonds. The van der Waals surface area contributed by atoms with Crippen molar-refractivity contribution in [1.29, 1.82) is 0 Å². The van der Waals surface area contributed by atoms with E-state index in [-0.39, 0.29) is 11.9 Å². The summed E-state index contributed by atoms with van der Waals surface area (Å²) in [5.41, 5.74) is 6.36. The predicted octanol–water partition coefficient (Wildman–Crippen LogP) is 2.22. The van der Waals surface area contributed by atoms with Gasteiger partial charge in [0.15, 0.2) is 0 Å². The van der Waals surface area contributed by atoms with Gasteiger partial charge in [0.05, 0.1) is 6.04 Å². The molecule has 2 aliphatic rings. The van der Waals surface area contributed by atoms with Crippen LogP contribution in [0.4, 0.5) is 0 Å². The smallest absolute Gasteiger partial charge is 0.236 e. The third kappa shape index (κ3) is 4.74. The van der Waals surface area contributed by atoms with E-state index in [9.17, 15) is 4.79 Å². The van der Waals surface area contributed by atoms with E-state index >= 15 is 0 Å². The molecular weight excluding hydrogens is 252 g/mol. The maximum atomic E-state index is 12.1. The van der Waals surface area contributed by atoms with Crippen LogP contribution in [0.5, 0.6) is 0 Å². The van der Waals surface area contributed by atoms with E-state index in [4.69, 9.17) is 10.5 Å². The number of nitrogens with one attached hydrogen (secondary N) is 1. The van der Waals surface area contributed by atoms with E-state index in [1.54, 1.807) is 7.11 Å². The Balaban J connectivity index is 1.66. The Labute approximate surface area is 122 Å². The summed E-state index contributed by atoms with van der Waals surface area (Å²) in [6.07, 6.45) is 10.8. The summed E-state index contributed by atoms with van der Waals surface area (Å²) < 4.78 is 5.14. The maximum Gasteiger partial charge on any atom is 0.236 e. The second kappa shape index (κ2) is 7.41. The van der Waals surface area contributed by atoms with Crippen molar-refractivity contribution in [2.45, 2.75) is 63.8 Å². The fourth-order valence-electron chi connectivity index (χ4n) is 3.31. The van der Waals surface area contributed by atoms with Gasteiger partial charge in [-0.2, -0.15) is 0 Å². The molecule has 116 valence electrons. The van der Waals surface area contributed by atoms with Crippen molar-refractivity contribution < 1.29 is 9.53 Å². The number of carbonyl (C=O) groups is 1. The average Bonchev–Trinajstić information content (AvgIpc) is 3.24. The second-order valence-corrected chi connectivity index (χ2v) is 6.81. The van der Waals surface area contributed by atoms with Gasteiger partial charge < -0.3 is 15.8 Å². The number of methoxy groups -OCH3 is 1. The summed E-state index contributed by atoms with van der Waals surface area (Å²) in [6, 6.07) is -0.323. The Morgan fingerprint density at radius 3 is 2.65 bits per heavy atom. The van der Waals surface area contributed by atoms with Crippen molar-refractivity contribution in [3.8, 4) is 0 Å². The summed E-state index contributed by atoms with van der Waals surface area (Å²) >= 11 is 0. The minimum atomic E-state index is -0.323. The van der Waals surface area contributed by atoms with E-state index in [0.29, 0.717) is 11.3 Å². The third-order valence-electron chi connectivity index (χ3n) is 5.08. The van der Waals surface area contributed by atoms with E-state index in [1.807, 2.05) is 0 Å². The molecule has 2 rings (SSSR count). The monoisotopic (exact) mass is 282 g/mol. The number of amides is 1. The fraction of sp³-hybridized carbons (Fsp3) is 0.938. The van der Waals surface area contributed by atoms with Gasteiger partial charge in [0.25, 0.3) is 0 Å². The molecule has 4 heteroatoms. The number of carbonyl (C=O) groups excluding carboxylic acids is 1. The van der Waals surface area contributed by atoms with E-state index in [0.717, 1.165) is 26.0 Å². The molecule has 2 fully saturated rings. The van der Waals surface area contributed by atoms with Gasteiger partial charge in [0.2, 0.25) is 5.91 Å².